The molecule has 0 aromatic heterocycles. The van der Waals surface area contributed by atoms with Crippen molar-refractivity contribution >= 4 is 11.9 Å². The molecule has 0 aliphatic heterocycles. The topological polar surface area (TPSA) is 66.8 Å². The molecule has 0 unspecified atom stereocenters. The summed E-state index contributed by atoms with van der Waals surface area (Å²) in [6, 6.07) is 4.51. The second kappa shape index (κ2) is 7.47. The number of carbonyl (C=O) groups is 2. The van der Waals surface area contributed by atoms with Gasteiger partial charge in [-0.2, -0.15) is 0 Å². The summed E-state index contributed by atoms with van der Waals surface area (Å²) in [7, 11) is 2.99. The number of halogens is 1. The minimum absolute atomic E-state index is 0.0310. The summed E-state index contributed by atoms with van der Waals surface area (Å²) in [5, 5.41) is 8.50. The molecule has 0 aliphatic carbocycles. The number of methoxy groups -OCH3 is 1. The molecule has 0 fully saturated rings. The van der Waals surface area contributed by atoms with Gasteiger partial charge < -0.3 is 14.7 Å². The van der Waals surface area contributed by atoms with E-state index in [4.69, 9.17) is 9.84 Å². The number of benzene rings is 1. The molecule has 0 saturated carbocycles. The smallest absolute Gasteiger partial charge is 0.303 e. The Labute approximate surface area is 117 Å². The normalized spacial score (nSPS) is 10.2. The third kappa shape index (κ3) is 4.87. The second-order valence-corrected chi connectivity index (χ2v) is 4.47. The van der Waals surface area contributed by atoms with Gasteiger partial charge in [-0.25, -0.2) is 4.39 Å². The maximum atomic E-state index is 13.5. The Kier molecular flexibility index (Phi) is 5.96. The van der Waals surface area contributed by atoms with Crippen LogP contribution in [-0.4, -0.2) is 36.0 Å². The maximum absolute atomic E-state index is 13.5. The van der Waals surface area contributed by atoms with Gasteiger partial charge in [0.05, 0.1) is 7.11 Å². The number of nitrogens with zero attached hydrogens (tertiary/aromatic N) is 1. The number of hydrogen-bond acceptors (Lipinski definition) is 3. The SMILES string of the molecule is COc1ccc(CN(C)C(=O)CCCC(=O)O)cc1F. The Morgan fingerprint density at radius 2 is 2.05 bits per heavy atom. The fourth-order valence-corrected chi connectivity index (χ4v) is 1.75. The molecule has 20 heavy (non-hydrogen) atoms. The van der Waals surface area contributed by atoms with Crippen LogP contribution < -0.4 is 4.74 Å². The highest BCUT2D eigenvalue weighted by Gasteiger charge is 2.11. The lowest BCUT2D eigenvalue weighted by Gasteiger charge is -2.17. The minimum Gasteiger partial charge on any atom is -0.494 e. The maximum Gasteiger partial charge on any atom is 0.303 e. The summed E-state index contributed by atoms with van der Waals surface area (Å²) in [4.78, 5) is 23.6. The molecule has 6 heteroatoms. The summed E-state index contributed by atoms with van der Waals surface area (Å²) in [6.07, 6.45) is 0.438. The molecule has 1 rings (SSSR count). The monoisotopic (exact) mass is 283 g/mol. The van der Waals surface area contributed by atoms with E-state index in [9.17, 15) is 14.0 Å². The number of hydrogen-bond donors (Lipinski definition) is 1. The first-order chi connectivity index (χ1) is 9.43. The van der Waals surface area contributed by atoms with Crippen molar-refractivity contribution in [2.24, 2.45) is 0 Å². The van der Waals surface area contributed by atoms with Crippen LogP contribution in [0.15, 0.2) is 18.2 Å². The average molecular weight is 283 g/mol. The zero-order valence-electron chi connectivity index (χ0n) is 11.6. The van der Waals surface area contributed by atoms with Crippen LogP contribution in [0.1, 0.15) is 24.8 Å². The Morgan fingerprint density at radius 3 is 2.60 bits per heavy atom. The van der Waals surface area contributed by atoms with E-state index in [1.165, 1.54) is 24.1 Å². The van der Waals surface area contributed by atoms with Crippen LogP contribution in [0.4, 0.5) is 4.39 Å². The molecule has 1 amide bonds. The van der Waals surface area contributed by atoms with Gasteiger partial charge in [0.25, 0.3) is 0 Å². The number of carboxylic acid groups (broad SMARTS) is 1. The van der Waals surface area contributed by atoms with Crippen molar-refractivity contribution in [3.05, 3.63) is 29.6 Å². The largest absolute Gasteiger partial charge is 0.494 e. The molecular formula is C14H18FNO4. The van der Waals surface area contributed by atoms with Gasteiger partial charge in [-0.1, -0.05) is 6.07 Å². The van der Waals surface area contributed by atoms with Gasteiger partial charge in [-0.05, 0) is 24.1 Å². The highest BCUT2D eigenvalue weighted by Crippen LogP contribution is 2.18. The first-order valence-electron chi connectivity index (χ1n) is 6.22. The van der Waals surface area contributed by atoms with Gasteiger partial charge in [0.2, 0.25) is 5.91 Å². The molecule has 1 aromatic rings. The highest BCUT2D eigenvalue weighted by atomic mass is 19.1. The molecule has 0 bridgehead atoms. The van der Waals surface area contributed by atoms with Crippen molar-refractivity contribution in [2.45, 2.75) is 25.8 Å². The molecule has 0 aliphatic rings. The molecule has 0 saturated heterocycles. The van der Waals surface area contributed by atoms with Crippen molar-refractivity contribution in [3.63, 3.8) is 0 Å². The molecule has 0 spiro atoms. The number of rotatable bonds is 7. The summed E-state index contributed by atoms with van der Waals surface area (Å²) in [6.45, 7) is 0.271. The number of ether oxygens (including phenoxy) is 1. The Hall–Kier alpha value is -2.11. The van der Waals surface area contributed by atoms with Crippen LogP contribution >= 0.6 is 0 Å². The fraction of sp³-hybridized carbons (Fsp3) is 0.429. The Bertz CT molecular complexity index is 490. The molecule has 1 N–H and O–H groups in total. The number of aliphatic carboxylic acids is 1. The molecule has 1 aromatic carbocycles. The third-order valence-corrected chi connectivity index (χ3v) is 2.84. The number of carboxylic acids is 1. The van der Waals surface area contributed by atoms with E-state index in [2.05, 4.69) is 0 Å². The first kappa shape index (κ1) is 15.9. The lowest BCUT2D eigenvalue weighted by molar-refractivity contribution is -0.137. The molecule has 110 valence electrons. The quantitative estimate of drug-likeness (QED) is 0.831. The Balaban J connectivity index is 2.52. The molecular weight excluding hydrogens is 265 g/mol. The zero-order chi connectivity index (χ0) is 15.1. The summed E-state index contributed by atoms with van der Waals surface area (Å²) >= 11 is 0. The van der Waals surface area contributed by atoms with Gasteiger partial charge in [0.15, 0.2) is 11.6 Å². The van der Waals surface area contributed by atoms with Gasteiger partial charge in [0.1, 0.15) is 0 Å². The standard InChI is InChI=1S/C14H18FNO4/c1-16(13(17)4-3-5-14(18)19)9-10-6-7-12(20-2)11(15)8-10/h6-8H,3-5,9H2,1-2H3,(H,18,19). The van der Waals surface area contributed by atoms with E-state index in [1.54, 1.807) is 13.1 Å². The van der Waals surface area contributed by atoms with Crippen molar-refractivity contribution in [1.29, 1.82) is 0 Å². The minimum atomic E-state index is -0.919. The fourth-order valence-electron chi connectivity index (χ4n) is 1.75. The van der Waals surface area contributed by atoms with Crippen LogP contribution in [0.3, 0.4) is 0 Å². The lowest BCUT2D eigenvalue weighted by Crippen LogP contribution is -2.26. The van der Waals surface area contributed by atoms with Crippen molar-refractivity contribution in [2.75, 3.05) is 14.2 Å². The van der Waals surface area contributed by atoms with Crippen molar-refractivity contribution < 1.29 is 23.8 Å². The molecule has 0 radical (unpaired) electrons. The molecule has 0 heterocycles. The van der Waals surface area contributed by atoms with Gasteiger partial charge >= 0.3 is 5.97 Å². The van der Waals surface area contributed by atoms with E-state index in [0.717, 1.165) is 0 Å². The van der Waals surface area contributed by atoms with Crippen molar-refractivity contribution in [3.8, 4) is 5.75 Å². The van der Waals surface area contributed by atoms with E-state index in [0.29, 0.717) is 12.0 Å². The van der Waals surface area contributed by atoms with Gasteiger partial charge in [0, 0.05) is 26.4 Å². The lowest BCUT2D eigenvalue weighted by atomic mass is 10.1. The van der Waals surface area contributed by atoms with Crippen LogP contribution in [0.25, 0.3) is 0 Å². The molecule has 0 atom stereocenters. The van der Waals surface area contributed by atoms with E-state index >= 15 is 0 Å². The first-order valence-corrected chi connectivity index (χ1v) is 6.22. The van der Waals surface area contributed by atoms with Gasteiger partial charge in [-0.15, -0.1) is 0 Å². The zero-order valence-corrected chi connectivity index (χ0v) is 11.6. The second-order valence-electron chi connectivity index (χ2n) is 4.47. The summed E-state index contributed by atoms with van der Waals surface area (Å²) in [5.41, 5.74) is 0.650. The highest BCUT2D eigenvalue weighted by molar-refractivity contribution is 5.76. The summed E-state index contributed by atoms with van der Waals surface area (Å²) in [5.74, 6) is -1.40. The van der Waals surface area contributed by atoms with E-state index in [1.807, 2.05) is 0 Å². The van der Waals surface area contributed by atoms with Gasteiger partial charge in [-0.3, -0.25) is 9.59 Å². The molecule has 5 nitrogen and oxygen atoms in total. The van der Waals surface area contributed by atoms with E-state index < -0.39 is 11.8 Å². The predicted octanol–water partition coefficient (Wildman–Crippen LogP) is 2.05. The number of carbonyl (C=O) groups excluding carboxylic acids is 1. The Morgan fingerprint density at radius 1 is 1.35 bits per heavy atom. The third-order valence-electron chi connectivity index (χ3n) is 2.84. The van der Waals surface area contributed by atoms with E-state index in [-0.39, 0.29) is 31.0 Å². The van der Waals surface area contributed by atoms with Crippen molar-refractivity contribution in [1.82, 2.24) is 4.90 Å². The van der Waals surface area contributed by atoms with Crippen LogP contribution in [0.2, 0.25) is 0 Å². The predicted molar refractivity (Wildman–Crippen MR) is 70.9 cm³/mol. The average Bonchev–Trinajstić information content (AvgIpc) is 2.38. The number of amides is 1. The summed E-state index contributed by atoms with van der Waals surface area (Å²) < 4.78 is 18.3. The van der Waals surface area contributed by atoms with Crippen LogP contribution in [0.5, 0.6) is 5.75 Å². The van der Waals surface area contributed by atoms with Crippen LogP contribution in [0, 0.1) is 5.82 Å². The van der Waals surface area contributed by atoms with Crippen LogP contribution in [-0.2, 0) is 16.1 Å².